The molecule has 0 aliphatic carbocycles. The second-order valence-electron chi connectivity index (χ2n) is 5.12. The van der Waals surface area contributed by atoms with Gasteiger partial charge in [0.15, 0.2) is 0 Å². The zero-order valence-corrected chi connectivity index (χ0v) is 10.9. The van der Waals surface area contributed by atoms with Crippen LogP contribution in [0.25, 0.3) is 0 Å². The molecule has 92 valence electrons. The molecule has 0 saturated heterocycles. The molecule has 0 aliphatic rings. The summed E-state index contributed by atoms with van der Waals surface area (Å²) in [6.45, 7) is 8.85. The van der Waals surface area contributed by atoms with Crippen molar-refractivity contribution in [1.82, 2.24) is 5.32 Å². The molecule has 0 aromatic heterocycles. The van der Waals surface area contributed by atoms with Crippen LogP contribution >= 0.6 is 0 Å². The number of rotatable bonds is 10. The summed E-state index contributed by atoms with van der Waals surface area (Å²) in [6, 6.07) is 0. The van der Waals surface area contributed by atoms with Gasteiger partial charge in [-0.05, 0) is 46.2 Å². The number of unbranched alkanes of at least 4 members (excludes halogenated alkanes) is 4. The van der Waals surface area contributed by atoms with Crippen LogP contribution in [-0.4, -0.2) is 18.6 Å². The van der Waals surface area contributed by atoms with Gasteiger partial charge in [-0.3, -0.25) is 0 Å². The van der Waals surface area contributed by atoms with Crippen molar-refractivity contribution < 1.29 is 0 Å². The number of nitrogens with one attached hydrogen (secondary N) is 1. The Balaban J connectivity index is 3.22. The van der Waals surface area contributed by atoms with Crippen molar-refractivity contribution in [3.63, 3.8) is 0 Å². The summed E-state index contributed by atoms with van der Waals surface area (Å²) in [5, 5.41) is 3.63. The lowest BCUT2D eigenvalue weighted by molar-refractivity contribution is 0.354. The number of hydrogen-bond donors (Lipinski definition) is 2. The molecule has 2 heteroatoms. The van der Waals surface area contributed by atoms with Crippen molar-refractivity contribution in [3.05, 3.63) is 0 Å². The molecule has 0 rings (SSSR count). The molecule has 15 heavy (non-hydrogen) atoms. The van der Waals surface area contributed by atoms with Gasteiger partial charge in [0, 0.05) is 5.54 Å². The smallest absolute Gasteiger partial charge is 0.0125 e. The van der Waals surface area contributed by atoms with E-state index >= 15 is 0 Å². The van der Waals surface area contributed by atoms with Crippen LogP contribution in [0.5, 0.6) is 0 Å². The van der Waals surface area contributed by atoms with E-state index in [4.69, 9.17) is 5.73 Å². The highest BCUT2D eigenvalue weighted by atomic mass is 14.9. The Hall–Kier alpha value is -0.0800. The van der Waals surface area contributed by atoms with E-state index in [1.54, 1.807) is 0 Å². The maximum Gasteiger partial charge on any atom is 0.0125 e. The summed E-state index contributed by atoms with van der Waals surface area (Å²) >= 11 is 0. The van der Waals surface area contributed by atoms with Gasteiger partial charge in [-0.15, -0.1) is 0 Å². The highest BCUT2D eigenvalue weighted by Gasteiger charge is 2.13. The largest absolute Gasteiger partial charge is 0.330 e. The molecule has 0 aromatic carbocycles. The lowest BCUT2D eigenvalue weighted by Gasteiger charge is -2.25. The van der Waals surface area contributed by atoms with Crippen LogP contribution in [0, 0.1) is 0 Å². The van der Waals surface area contributed by atoms with Crippen molar-refractivity contribution in [3.8, 4) is 0 Å². The highest BCUT2D eigenvalue weighted by Crippen LogP contribution is 2.11. The zero-order chi connectivity index (χ0) is 11.6. The molecule has 0 amide bonds. The Morgan fingerprint density at radius 2 is 1.60 bits per heavy atom. The van der Waals surface area contributed by atoms with E-state index in [0.717, 1.165) is 13.1 Å². The van der Waals surface area contributed by atoms with Gasteiger partial charge < -0.3 is 11.1 Å². The standard InChI is InChI=1S/C13H30N2/c1-4-10-13(2,3)15-12-9-7-5-6-8-11-14/h15H,4-12,14H2,1-3H3. The summed E-state index contributed by atoms with van der Waals surface area (Å²) in [6.07, 6.45) is 9.00. The molecule has 0 atom stereocenters. The van der Waals surface area contributed by atoms with E-state index in [9.17, 15) is 0 Å². The summed E-state index contributed by atoms with van der Waals surface area (Å²) in [5.41, 5.74) is 5.77. The molecule has 0 fully saturated rings. The first-order chi connectivity index (χ1) is 7.12. The third-order valence-corrected chi connectivity index (χ3v) is 2.86. The Morgan fingerprint density at radius 3 is 2.20 bits per heavy atom. The Kier molecular flexibility index (Phi) is 9.12. The van der Waals surface area contributed by atoms with Crippen LogP contribution in [0.3, 0.4) is 0 Å². The maximum atomic E-state index is 5.45. The van der Waals surface area contributed by atoms with Gasteiger partial charge in [0.1, 0.15) is 0 Å². The van der Waals surface area contributed by atoms with E-state index in [1.165, 1.54) is 44.9 Å². The summed E-state index contributed by atoms with van der Waals surface area (Å²) in [4.78, 5) is 0. The highest BCUT2D eigenvalue weighted by molar-refractivity contribution is 4.76. The second-order valence-corrected chi connectivity index (χ2v) is 5.12. The Bertz CT molecular complexity index is 132. The molecule has 0 radical (unpaired) electrons. The predicted molar refractivity (Wildman–Crippen MR) is 69.1 cm³/mol. The second kappa shape index (κ2) is 9.17. The van der Waals surface area contributed by atoms with Gasteiger partial charge in [-0.2, -0.15) is 0 Å². The third kappa shape index (κ3) is 10.2. The molecule has 0 heterocycles. The minimum Gasteiger partial charge on any atom is -0.330 e. The van der Waals surface area contributed by atoms with Crippen LogP contribution < -0.4 is 11.1 Å². The van der Waals surface area contributed by atoms with Crippen LogP contribution in [0.4, 0.5) is 0 Å². The van der Waals surface area contributed by atoms with Crippen molar-refractivity contribution in [1.29, 1.82) is 0 Å². The molecule has 3 N–H and O–H groups in total. The lowest BCUT2D eigenvalue weighted by atomic mass is 9.99. The topological polar surface area (TPSA) is 38.0 Å². The lowest BCUT2D eigenvalue weighted by Crippen LogP contribution is -2.39. The Labute approximate surface area is 96.0 Å². The minimum atomic E-state index is 0.325. The maximum absolute atomic E-state index is 5.45. The fourth-order valence-corrected chi connectivity index (χ4v) is 1.94. The Morgan fingerprint density at radius 1 is 1.00 bits per heavy atom. The average Bonchev–Trinajstić information content (AvgIpc) is 2.16. The SMILES string of the molecule is CCCC(C)(C)NCCCCCCCN. The molecule has 0 saturated carbocycles. The molecular weight excluding hydrogens is 184 g/mol. The molecular formula is C13H30N2. The zero-order valence-electron chi connectivity index (χ0n) is 10.9. The first kappa shape index (κ1) is 14.9. The van der Waals surface area contributed by atoms with Crippen LogP contribution in [-0.2, 0) is 0 Å². The first-order valence-corrected chi connectivity index (χ1v) is 6.57. The fraction of sp³-hybridized carbons (Fsp3) is 1.00. The minimum absolute atomic E-state index is 0.325. The molecule has 0 aromatic rings. The summed E-state index contributed by atoms with van der Waals surface area (Å²) < 4.78 is 0. The van der Waals surface area contributed by atoms with E-state index in [0.29, 0.717) is 5.54 Å². The first-order valence-electron chi connectivity index (χ1n) is 6.57. The van der Waals surface area contributed by atoms with Crippen LogP contribution in [0.2, 0.25) is 0 Å². The molecule has 0 spiro atoms. The summed E-state index contributed by atoms with van der Waals surface area (Å²) in [5.74, 6) is 0. The monoisotopic (exact) mass is 214 g/mol. The van der Waals surface area contributed by atoms with Gasteiger partial charge in [0.05, 0.1) is 0 Å². The third-order valence-electron chi connectivity index (χ3n) is 2.86. The van der Waals surface area contributed by atoms with Crippen molar-refractivity contribution >= 4 is 0 Å². The van der Waals surface area contributed by atoms with E-state index in [-0.39, 0.29) is 0 Å². The van der Waals surface area contributed by atoms with Gasteiger partial charge >= 0.3 is 0 Å². The molecule has 2 nitrogen and oxygen atoms in total. The van der Waals surface area contributed by atoms with Crippen molar-refractivity contribution in [2.45, 2.75) is 71.3 Å². The summed E-state index contributed by atoms with van der Waals surface area (Å²) in [7, 11) is 0. The van der Waals surface area contributed by atoms with Crippen molar-refractivity contribution in [2.24, 2.45) is 5.73 Å². The van der Waals surface area contributed by atoms with Gasteiger partial charge in [-0.25, -0.2) is 0 Å². The van der Waals surface area contributed by atoms with E-state index in [1.807, 2.05) is 0 Å². The molecule has 0 aliphatic heterocycles. The van der Waals surface area contributed by atoms with Gasteiger partial charge in [-0.1, -0.05) is 32.6 Å². The van der Waals surface area contributed by atoms with Crippen LogP contribution in [0.1, 0.15) is 65.7 Å². The number of hydrogen-bond acceptors (Lipinski definition) is 2. The van der Waals surface area contributed by atoms with Crippen LogP contribution in [0.15, 0.2) is 0 Å². The normalized spacial score (nSPS) is 12.0. The fourth-order valence-electron chi connectivity index (χ4n) is 1.94. The van der Waals surface area contributed by atoms with Gasteiger partial charge in [0.2, 0.25) is 0 Å². The van der Waals surface area contributed by atoms with E-state index in [2.05, 4.69) is 26.1 Å². The molecule has 0 unspecified atom stereocenters. The average molecular weight is 214 g/mol. The number of nitrogens with two attached hydrogens (primary N) is 1. The van der Waals surface area contributed by atoms with E-state index < -0.39 is 0 Å². The quantitative estimate of drug-likeness (QED) is 0.549. The predicted octanol–water partition coefficient (Wildman–Crippen LogP) is 3.06. The van der Waals surface area contributed by atoms with Crippen molar-refractivity contribution in [2.75, 3.05) is 13.1 Å². The van der Waals surface area contributed by atoms with Gasteiger partial charge in [0.25, 0.3) is 0 Å². The molecule has 0 bridgehead atoms.